The Morgan fingerprint density at radius 2 is 1.49 bits per heavy atom. The van der Waals surface area contributed by atoms with Crippen LogP contribution in [0.1, 0.15) is 40.5 Å². The average molecular weight is 500 g/mol. The van der Waals surface area contributed by atoms with Gasteiger partial charge in [0.2, 0.25) is 15.9 Å². The number of nitrogens with one attached hydrogen (secondary N) is 3. The molecule has 1 saturated heterocycles. The molecule has 35 heavy (non-hydrogen) atoms. The molecule has 1 fully saturated rings. The molecule has 0 bridgehead atoms. The van der Waals surface area contributed by atoms with Crippen LogP contribution in [0, 0.1) is 0 Å². The van der Waals surface area contributed by atoms with E-state index < -0.39 is 22.0 Å². The van der Waals surface area contributed by atoms with Gasteiger partial charge in [0, 0.05) is 44.5 Å². The van der Waals surface area contributed by atoms with Gasteiger partial charge in [-0.15, -0.1) is 0 Å². The number of carbonyl (C=O) groups is 4. The number of imide groups is 1. The fraction of sp³-hybridized carbons (Fsp3) is 0.304. The molecule has 3 N–H and O–H groups in total. The summed E-state index contributed by atoms with van der Waals surface area (Å²) in [5, 5.41) is 8.08. The zero-order valence-electron chi connectivity index (χ0n) is 19.2. The molecule has 184 valence electrons. The summed E-state index contributed by atoms with van der Waals surface area (Å²) in [6.45, 7) is 1.85. The third-order valence-corrected chi connectivity index (χ3v) is 7.86. The first-order valence-electron chi connectivity index (χ1n) is 11.0. The monoisotopic (exact) mass is 499 g/mol. The van der Waals surface area contributed by atoms with Crippen LogP contribution in [0.5, 0.6) is 0 Å². The number of hydrogen-bond acceptors (Lipinski definition) is 6. The number of benzene rings is 2. The van der Waals surface area contributed by atoms with Crippen molar-refractivity contribution in [3.63, 3.8) is 0 Å². The highest BCUT2D eigenvalue weighted by atomic mass is 32.2. The maximum absolute atomic E-state index is 12.9. The summed E-state index contributed by atoms with van der Waals surface area (Å²) in [5.74, 6) is -1.05. The molecule has 0 atom stereocenters. The van der Waals surface area contributed by atoms with Crippen molar-refractivity contribution in [1.82, 2.24) is 14.5 Å². The highest BCUT2D eigenvalue weighted by molar-refractivity contribution is 7.89. The van der Waals surface area contributed by atoms with Crippen LogP contribution in [-0.4, -0.2) is 67.6 Å². The largest absolute Gasteiger partial charge is 0.335 e. The third kappa shape index (κ3) is 5.03. The lowest BCUT2D eigenvalue weighted by Gasteiger charge is -2.31. The summed E-state index contributed by atoms with van der Waals surface area (Å²) < 4.78 is 27.3. The Bertz CT molecular complexity index is 1300. The minimum absolute atomic E-state index is 0.131. The summed E-state index contributed by atoms with van der Waals surface area (Å²) >= 11 is 0. The minimum Gasteiger partial charge on any atom is -0.335 e. The van der Waals surface area contributed by atoms with E-state index in [2.05, 4.69) is 16.0 Å². The summed E-state index contributed by atoms with van der Waals surface area (Å²) in [4.78, 5) is 48.9. The van der Waals surface area contributed by atoms with Crippen molar-refractivity contribution in [1.29, 1.82) is 0 Å². The number of hydrogen-bond donors (Lipinski definition) is 3. The first-order valence-corrected chi connectivity index (χ1v) is 12.4. The van der Waals surface area contributed by atoms with Crippen LogP contribution in [0.25, 0.3) is 0 Å². The van der Waals surface area contributed by atoms with E-state index in [1.165, 1.54) is 54.7 Å². The summed E-state index contributed by atoms with van der Waals surface area (Å²) in [5.41, 5.74) is 1.41. The van der Waals surface area contributed by atoms with Crippen LogP contribution in [0.3, 0.4) is 0 Å². The lowest BCUT2D eigenvalue weighted by atomic mass is 10.1. The number of rotatable bonds is 5. The van der Waals surface area contributed by atoms with E-state index in [1.54, 1.807) is 6.07 Å². The molecule has 2 heterocycles. The van der Waals surface area contributed by atoms with Crippen LogP contribution in [0.2, 0.25) is 0 Å². The Hall–Kier alpha value is -3.77. The van der Waals surface area contributed by atoms with Gasteiger partial charge in [0.25, 0.3) is 11.8 Å². The van der Waals surface area contributed by atoms with Gasteiger partial charge in [0.15, 0.2) is 0 Å². The average Bonchev–Trinajstić information content (AvgIpc) is 3.03. The van der Waals surface area contributed by atoms with Gasteiger partial charge < -0.3 is 16.0 Å². The van der Waals surface area contributed by atoms with Gasteiger partial charge in [-0.1, -0.05) is 0 Å². The van der Waals surface area contributed by atoms with Gasteiger partial charge in [-0.3, -0.25) is 19.3 Å². The fourth-order valence-electron chi connectivity index (χ4n) is 4.09. The summed E-state index contributed by atoms with van der Waals surface area (Å²) in [6.07, 6.45) is 0.858. The van der Waals surface area contributed by atoms with Crippen LogP contribution < -0.4 is 16.0 Å². The Morgan fingerprint density at radius 3 is 2.11 bits per heavy atom. The molecule has 4 rings (SSSR count). The molecule has 0 saturated carbocycles. The number of fused-ring (bicyclic) bond motifs is 1. The van der Waals surface area contributed by atoms with Crippen LogP contribution >= 0.6 is 0 Å². The van der Waals surface area contributed by atoms with Gasteiger partial charge in [-0.05, 0) is 55.3 Å². The van der Waals surface area contributed by atoms with E-state index in [0.29, 0.717) is 29.8 Å². The number of anilines is 2. The molecule has 2 aliphatic heterocycles. The zero-order chi connectivity index (χ0) is 25.3. The smallest absolute Gasteiger partial charge is 0.319 e. The molecule has 2 aromatic rings. The summed E-state index contributed by atoms with van der Waals surface area (Å²) in [7, 11) is -2.30. The van der Waals surface area contributed by atoms with E-state index in [1.807, 2.05) is 0 Å². The molecule has 0 unspecified atom stereocenters. The Kier molecular flexibility index (Phi) is 6.59. The molecule has 11 nitrogen and oxygen atoms in total. The van der Waals surface area contributed by atoms with E-state index in [4.69, 9.17) is 0 Å². The number of nitrogens with zero attached hydrogens (tertiary/aromatic N) is 2. The molecular formula is C23H25N5O6S. The van der Waals surface area contributed by atoms with E-state index in [-0.39, 0.29) is 41.4 Å². The Balaban J connectivity index is 1.31. The predicted molar refractivity (Wildman–Crippen MR) is 128 cm³/mol. The van der Waals surface area contributed by atoms with Crippen LogP contribution in [0.15, 0.2) is 47.4 Å². The Morgan fingerprint density at radius 1 is 0.886 bits per heavy atom. The number of piperidine rings is 1. The van der Waals surface area contributed by atoms with E-state index in [9.17, 15) is 27.6 Å². The second kappa shape index (κ2) is 9.47. The van der Waals surface area contributed by atoms with Crippen molar-refractivity contribution in [3.05, 3.63) is 53.6 Å². The third-order valence-electron chi connectivity index (χ3n) is 5.95. The SMILES string of the molecule is CC(=O)Nc1ccc(S(=O)(=O)N2CCC(NC(=O)Nc3ccc4c(c3)C(=O)N(C)C4=O)CC2)cc1. The summed E-state index contributed by atoms with van der Waals surface area (Å²) in [6, 6.07) is 9.77. The van der Waals surface area contributed by atoms with Crippen molar-refractivity contribution in [2.24, 2.45) is 0 Å². The molecular weight excluding hydrogens is 474 g/mol. The lowest BCUT2D eigenvalue weighted by Crippen LogP contribution is -2.47. The van der Waals surface area contributed by atoms with Crippen molar-refractivity contribution < 1.29 is 27.6 Å². The predicted octanol–water partition coefficient (Wildman–Crippen LogP) is 1.85. The van der Waals surface area contributed by atoms with Crippen molar-refractivity contribution in [2.45, 2.75) is 30.7 Å². The topological polar surface area (TPSA) is 145 Å². The molecule has 2 aromatic carbocycles. The number of urea groups is 1. The quantitative estimate of drug-likeness (QED) is 0.536. The number of sulfonamides is 1. The molecule has 5 amide bonds. The van der Waals surface area contributed by atoms with Crippen LogP contribution in [-0.2, 0) is 14.8 Å². The number of amides is 5. The fourth-order valence-corrected chi connectivity index (χ4v) is 5.56. The lowest BCUT2D eigenvalue weighted by molar-refractivity contribution is -0.114. The van der Waals surface area contributed by atoms with Gasteiger partial charge in [0.1, 0.15) is 0 Å². The second-order valence-electron chi connectivity index (χ2n) is 8.41. The van der Waals surface area contributed by atoms with Crippen molar-refractivity contribution in [3.8, 4) is 0 Å². The molecule has 0 spiro atoms. The molecule has 12 heteroatoms. The first kappa shape index (κ1) is 24.4. The van der Waals surface area contributed by atoms with Gasteiger partial charge >= 0.3 is 6.03 Å². The number of carbonyl (C=O) groups excluding carboxylic acids is 4. The van der Waals surface area contributed by atoms with Crippen LogP contribution in [0.4, 0.5) is 16.2 Å². The zero-order valence-corrected chi connectivity index (χ0v) is 20.0. The maximum Gasteiger partial charge on any atom is 0.319 e. The maximum atomic E-state index is 12.9. The van der Waals surface area contributed by atoms with E-state index >= 15 is 0 Å². The second-order valence-corrected chi connectivity index (χ2v) is 10.4. The van der Waals surface area contributed by atoms with Gasteiger partial charge in [-0.25, -0.2) is 13.2 Å². The van der Waals surface area contributed by atoms with Gasteiger partial charge in [0.05, 0.1) is 16.0 Å². The van der Waals surface area contributed by atoms with Gasteiger partial charge in [-0.2, -0.15) is 4.31 Å². The minimum atomic E-state index is -3.70. The van der Waals surface area contributed by atoms with Crippen molar-refractivity contribution in [2.75, 3.05) is 30.8 Å². The molecule has 0 aromatic heterocycles. The highest BCUT2D eigenvalue weighted by Crippen LogP contribution is 2.25. The molecule has 0 aliphatic carbocycles. The van der Waals surface area contributed by atoms with E-state index in [0.717, 1.165) is 4.90 Å². The normalized spacial score (nSPS) is 16.7. The van der Waals surface area contributed by atoms with Crippen molar-refractivity contribution >= 4 is 45.2 Å². The Labute approximate surface area is 202 Å². The first-order chi connectivity index (χ1) is 16.6. The molecule has 0 radical (unpaired) electrons. The molecule has 2 aliphatic rings. The highest BCUT2D eigenvalue weighted by Gasteiger charge is 2.33. The standard InChI is InChI=1S/C23H25N5O6S/c1-14(29)24-15-3-6-18(7-4-15)35(33,34)28-11-9-16(10-12-28)25-23(32)26-17-5-8-19-20(13-17)22(31)27(2)21(19)30/h3-8,13,16H,9-12H2,1-2H3,(H,24,29)(H2,25,26,32).